The van der Waals surface area contributed by atoms with Gasteiger partial charge < -0.3 is 134 Å². The molecular formula is C91H152N24O24. The maximum Gasteiger partial charge on any atom is 0.248 e. The standard InChI is InChI=1S/C91H152N24O24/c1-47(2)63(72(129)112-90(22,23)81(138)114-87(16,17)77(134)102-56(37-40-60(94)119)68(125)101-55(36-39-59(93)118)67(124)99-53(46-116)44-52-32-27-26-28-33-52)104-71(128)58-35-31-43-115(58)82(139)91(24,25)110-69(126)54(34-29-30-42-92)100-62(121)45-96-74(131)83(8,9)111-73(130)64(48(3)4)105-79(136)86(14,15)109-70(127)57(38-41-61(95)120)103-78(135)88(18,19)113-80(137)89(20,21)108-66(123)50(6)98-76(133)85(12,13)107-65(122)49(5)97-75(132)84(10,11)106-51(7)117/h26-28,32-33,47-50,53-58,63-64,116H,29-31,34-46,92H2,1-25H3,(H2,93,118)(H2,94,119)(H2,95,120)(H,96,131)(H,97,132)(H,98,133)(H,99,124)(H,100,121)(H,101,125)(H,102,134)(H,103,135)(H,104,128)(H,105,136)(H,106,117)(H,107,122)(H,108,123)(H,109,127)(H,110,126)(H,111,130)(H,112,129)(H,113,137)(H,114,138)/t49-,50-,53-,54?,55-,56-,57-,58-,63-,64-/m0/s1. The lowest BCUT2D eigenvalue weighted by Crippen LogP contribution is -2.67. The van der Waals surface area contributed by atoms with E-state index in [1.807, 2.05) is 0 Å². The Morgan fingerprint density at radius 3 is 1.13 bits per heavy atom. The average molecular weight is 1970 g/mol. The van der Waals surface area contributed by atoms with E-state index in [4.69, 9.17) is 22.9 Å². The second kappa shape index (κ2) is 52.1. The Morgan fingerprint density at radius 2 is 0.719 bits per heavy atom. The average Bonchev–Trinajstić information content (AvgIpc) is 1.80. The van der Waals surface area contributed by atoms with Crippen LogP contribution in [-0.2, 0) is 117 Å². The third-order valence-electron chi connectivity index (χ3n) is 22.6. The number of hydrogen-bond donors (Lipinski definition) is 24. The van der Waals surface area contributed by atoms with Gasteiger partial charge in [-0.2, -0.15) is 0 Å². The van der Waals surface area contributed by atoms with Gasteiger partial charge in [0.1, 0.15) is 104 Å². The number of nitrogens with one attached hydrogen (secondary N) is 19. The topological polar surface area (TPSA) is 749 Å². The lowest BCUT2D eigenvalue weighted by molar-refractivity contribution is -0.146. The SMILES string of the molecule is CC(=O)NC(C)(C)C(=O)N[C@@H](C)C(=O)NC(C)(C)C(=O)N[C@@H](C)C(=O)NC(C)(C)C(=O)NC(C)(C)C(=O)N[C@@H](CCC(N)=O)C(=O)NC(C)(C)C(=O)N[C@H](C(=O)NC(C)(C)C(=O)NCC(=O)NC(CCCCN)C(=O)NC(C)(C)C(=O)N1CCC[C@H]1C(=O)N[C@H](C(=O)NC(C)(C)C(=O)NC(C)(C)C(=O)N[C@@H](CCC(N)=O)C(=O)N[C@@H](CCC(N)=O)C(=O)N[C@H](CO)Cc1ccccc1)C(C)C)C(C)C. The summed E-state index contributed by atoms with van der Waals surface area (Å²) in [5, 5.41) is 58.2. The molecule has 2 rings (SSSR count). The first-order valence-electron chi connectivity index (χ1n) is 46.1. The Morgan fingerprint density at radius 1 is 0.374 bits per heavy atom. The number of rotatable bonds is 56. The number of amides is 23. The number of aliphatic hydroxyl groups excluding tert-OH is 1. The van der Waals surface area contributed by atoms with E-state index in [1.54, 1.807) is 58.0 Å². The molecule has 48 nitrogen and oxygen atoms in total. The van der Waals surface area contributed by atoms with E-state index in [-0.39, 0.29) is 51.6 Å². The Bertz CT molecular complexity index is 4660. The van der Waals surface area contributed by atoms with Crippen molar-refractivity contribution >= 4 is 136 Å². The number of unbranched alkanes of at least 4 members (excludes halogenated alkanes) is 1. The number of primary amides is 3. The lowest BCUT2D eigenvalue weighted by atomic mass is 9.96. The van der Waals surface area contributed by atoms with Gasteiger partial charge >= 0.3 is 0 Å². The summed E-state index contributed by atoms with van der Waals surface area (Å²) < 4.78 is 0. The summed E-state index contributed by atoms with van der Waals surface area (Å²) in [5.74, 6) is -21.3. The number of benzene rings is 1. The van der Waals surface area contributed by atoms with Gasteiger partial charge in [0, 0.05) is 32.7 Å². The van der Waals surface area contributed by atoms with Crippen LogP contribution in [0.15, 0.2) is 30.3 Å². The van der Waals surface area contributed by atoms with Crippen LogP contribution in [0.4, 0.5) is 0 Å². The zero-order valence-electron chi connectivity index (χ0n) is 84.7. The van der Waals surface area contributed by atoms with Crippen LogP contribution in [0.25, 0.3) is 0 Å². The highest BCUT2D eigenvalue weighted by Crippen LogP contribution is 2.25. The summed E-state index contributed by atoms with van der Waals surface area (Å²) in [4.78, 5) is 313. The van der Waals surface area contributed by atoms with Crippen LogP contribution in [-0.4, -0.2) is 282 Å². The monoisotopic (exact) mass is 1970 g/mol. The highest BCUT2D eigenvalue weighted by molar-refractivity contribution is 6.05. The second-order valence-corrected chi connectivity index (χ2v) is 40.4. The molecule has 0 spiro atoms. The quantitative estimate of drug-likeness (QED) is 0.0270. The minimum Gasteiger partial charge on any atom is -0.394 e. The van der Waals surface area contributed by atoms with Gasteiger partial charge in [-0.3, -0.25) is 110 Å². The first-order chi connectivity index (χ1) is 63.6. The van der Waals surface area contributed by atoms with Crippen molar-refractivity contribution in [3.63, 3.8) is 0 Å². The maximum absolute atomic E-state index is 14.6. The smallest absolute Gasteiger partial charge is 0.248 e. The zero-order chi connectivity index (χ0) is 107. The third-order valence-corrected chi connectivity index (χ3v) is 22.6. The molecule has 0 aliphatic carbocycles. The molecule has 0 aromatic heterocycles. The first-order valence-corrected chi connectivity index (χ1v) is 46.1. The number of likely N-dealkylation sites (tertiary alicyclic amines) is 1. The summed E-state index contributed by atoms with van der Waals surface area (Å²) in [5.41, 5.74) is 6.73. The summed E-state index contributed by atoms with van der Waals surface area (Å²) in [6, 6.07) is -4.51. The highest BCUT2D eigenvalue weighted by Gasteiger charge is 2.48. The first kappa shape index (κ1) is 122. The predicted octanol–water partition coefficient (Wildman–Crippen LogP) is -5.96. The summed E-state index contributed by atoms with van der Waals surface area (Å²) in [7, 11) is 0. The Balaban J connectivity index is 2.20. The predicted molar refractivity (Wildman–Crippen MR) is 507 cm³/mol. The van der Waals surface area contributed by atoms with Gasteiger partial charge in [-0.15, -0.1) is 0 Å². The fourth-order valence-electron chi connectivity index (χ4n) is 13.8. The van der Waals surface area contributed by atoms with Crippen LogP contribution in [0.1, 0.15) is 249 Å². The highest BCUT2D eigenvalue weighted by atomic mass is 16.3. The van der Waals surface area contributed by atoms with Gasteiger partial charge in [0.2, 0.25) is 136 Å². The molecule has 1 aliphatic heterocycles. The molecule has 1 aromatic carbocycles. The van der Waals surface area contributed by atoms with Crippen molar-refractivity contribution in [2.45, 2.75) is 360 Å². The van der Waals surface area contributed by atoms with E-state index in [0.29, 0.717) is 12.8 Å². The van der Waals surface area contributed by atoms with Crippen LogP contribution < -0.4 is 124 Å². The van der Waals surface area contributed by atoms with Crippen LogP contribution in [0.5, 0.6) is 0 Å². The molecular weight excluding hydrogens is 1810 g/mol. The third kappa shape index (κ3) is 39.4. The molecule has 139 heavy (non-hydrogen) atoms. The van der Waals surface area contributed by atoms with E-state index in [0.717, 1.165) is 5.56 Å². The Kier molecular flexibility index (Phi) is 45.7. The number of nitrogens with zero attached hydrogens (tertiary/aromatic N) is 1. The van der Waals surface area contributed by atoms with E-state index in [9.17, 15) is 115 Å². The normalized spacial score (nSPS) is 15.1. The van der Waals surface area contributed by atoms with E-state index >= 15 is 0 Å². The summed E-state index contributed by atoms with van der Waals surface area (Å²) in [6.07, 6.45) is -1.20. The lowest BCUT2D eigenvalue weighted by Gasteiger charge is -2.36. The fourth-order valence-corrected chi connectivity index (χ4v) is 13.8. The fraction of sp³-hybridized carbons (Fsp3) is 0.681. The summed E-state index contributed by atoms with van der Waals surface area (Å²) in [6.45, 7) is 32.6. The molecule has 23 amide bonds. The van der Waals surface area contributed by atoms with Crippen molar-refractivity contribution in [3.8, 4) is 0 Å². The van der Waals surface area contributed by atoms with Gasteiger partial charge in [-0.25, -0.2) is 0 Å². The molecule has 0 bridgehead atoms. The molecule has 10 atom stereocenters. The van der Waals surface area contributed by atoms with E-state index < -0.39 is 297 Å². The number of nitrogens with two attached hydrogens (primary N) is 4. The molecule has 1 heterocycles. The van der Waals surface area contributed by atoms with Crippen molar-refractivity contribution in [1.29, 1.82) is 0 Å². The largest absolute Gasteiger partial charge is 0.394 e. The zero-order valence-corrected chi connectivity index (χ0v) is 84.7. The molecule has 1 fully saturated rings. The molecule has 780 valence electrons. The molecule has 48 heteroatoms. The van der Waals surface area contributed by atoms with Gasteiger partial charge in [-0.1, -0.05) is 58.0 Å². The minimum absolute atomic E-state index is 0.0179. The van der Waals surface area contributed by atoms with Gasteiger partial charge in [0.25, 0.3) is 0 Å². The second-order valence-electron chi connectivity index (χ2n) is 40.4. The van der Waals surface area contributed by atoms with Crippen LogP contribution in [0.3, 0.4) is 0 Å². The molecule has 0 saturated carbocycles. The van der Waals surface area contributed by atoms with E-state index in [1.165, 1.54) is 150 Å². The molecule has 1 aromatic rings. The van der Waals surface area contributed by atoms with Crippen LogP contribution >= 0.6 is 0 Å². The van der Waals surface area contributed by atoms with Gasteiger partial charge in [0.05, 0.1) is 19.2 Å². The molecule has 1 saturated heterocycles. The number of hydrogen-bond acceptors (Lipinski definition) is 25. The number of carbonyl (C=O) groups excluding carboxylic acids is 23. The van der Waals surface area contributed by atoms with Crippen molar-refractivity contribution in [2.24, 2.45) is 34.8 Å². The Labute approximate surface area is 811 Å². The maximum atomic E-state index is 14.6. The van der Waals surface area contributed by atoms with Crippen molar-refractivity contribution < 1.29 is 115 Å². The molecule has 1 unspecified atom stereocenters. The number of carbonyl (C=O) groups is 23. The Hall–Kier alpha value is -13.1. The molecule has 0 radical (unpaired) electrons. The van der Waals surface area contributed by atoms with Crippen molar-refractivity contribution in [3.05, 3.63) is 35.9 Å². The van der Waals surface area contributed by atoms with Gasteiger partial charge in [-0.05, 0) is 220 Å². The number of aliphatic hydroxyl groups is 1. The van der Waals surface area contributed by atoms with Crippen molar-refractivity contribution in [1.82, 2.24) is 106 Å². The minimum atomic E-state index is -1.92. The van der Waals surface area contributed by atoms with Crippen LogP contribution in [0, 0.1) is 11.8 Å². The van der Waals surface area contributed by atoms with Crippen LogP contribution in [0.2, 0.25) is 0 Å². The molecule has 1 aliphatic rings. The summed E-state index contributed by atoms with van der Waals surface area (Å²) >= 11 is 0. The van der Waals surface area contributed by atoms with E-state index in [2.05, 4.69) is 101 Å². The van der Waals surface area contributed by atoms with Crippen molar-refractivity contribution in [2.75, 3.05) is 26.2 Å². The molecule has 28 N–H and O–H groups in total. The van der Waals surface area contributed by atoms with Gasteiger partial charge in [0.15, 0.2) is 0 Å².